The summed E-state index contributed by atoms with van der Waals surface area (Å²) >= 11 is 4.35. The molecule has 0 bridgehead atoms. The van der Waals surface area contributed by atoms with Crippen LogP contribution in [0.4, 0.5) is 0 Å². The van der Waals surface area contributed by atoms with E-state index in [0.717, 1.165) is 5.11 Å². The number of rotatable bonds is 3. The molecule has 3 nitrogen and oxygen atoms in total. The van der Waals surface area contributed by atoms with Crippen molar-refractivity contribution in [1.29, 1.82) is 0 Å². The Morgan fingerprint density at radius 2 is 1.88 bits per heavy atom. The first-order valence-corrected chi connectivity index (χ1v) is 3.94. The van der Waals surface area contributed by atoms with Gasteiger partial charge in [0.1, 0.15) is 0 Å². The molecule has 0 heterocycles. The average molecular weight is 154 g/mol. The van der Waals surface area contributed by atoms with Crippen LogP contribution in [0.3, 0.4) is 0 Å². The van der Waals surface area contributed by atoms with Crippen molar-refractivity contribution in [1.82, 2.24) is 0 Å². The van der Waals surface area contributed by atoms with Crippen molar-refractivity contribution in [2.45, 2.75) is 0 Å². The molecule has 0 aromatic rings. The van der Waals surface area contributed by atoms with Crippen LogP contribution in [0, 0.1) is 0 Å². The highest BCUT2D eigenvalue weighted by Crippen LogP contribution is 2.42. The fourth-order valence-electron chi connectivity index (χ4n) is 0.161. The molecule has 48 valence electrons. The van der Waals surface area contributed by atoms with Gasteiger partial charge < -0.3 is 9.05 Å². The zero-order chi connectivity index (χ0) is 6.62. The average Bonchev–Trinajstić information content (AvgIpc) is 1.87. The SMILES string of the molecule is COP(=O)(C=S)OC. The maximum Gasteiger partial charge on any atom is 0.364 e. The summed E-state index contributed by atoms with van der Waals surface area (Å²) in [7, 11) is -0.403. The predicted molar refractivity (Wildman–Crippen MR) is 35.3 cm³/mol. The highest BCUT2D eigenvalue weighted by atomic mass is 32.1. The van der Waals surface area contributed by atoms with Crippen LogP contribution >= 0.6 is 19.8 Å². The van der Waals surface area contributed by atoms with E-state index in [2.05, 4.69) is 21.3 Å². The smallest absolute Gasteiger partial charge is 0.308 e. The van der Waals surface area contributed by atoms with E-state index in [-0.39, 0.29) is 0 Å². The lowest BCUT2D eigenvalue weighted by molar-refractivity contribution is 0.292. The van der Waals surface area contributed by atoms with Gasteiger partial charge in [0.25, 0.3) is 0 Å². The van der Waals surface area contributed by atoms with Crippen LogP contribution in [0.1, 0.15) is 0 Å². The lowest BCUT2D eigenvalue weighted by Gasteiger charge is -2.04. The molecule has 0 fully saturated rings. The summed E-state index contributed by atoms with van der Waals surface area (Å²) in [6, 6.07) is 0. The fourth-order valence-corrected chi connectivity index (χ4v) is 0.998. The molecule has 0 spiro atoms. The summed E-state index contributed by atoms with van der Waals surface area (Å²) in [5.74, 6) is 0. The third-order valence-corrected chi connectivity index (χ3v) is 2.69. The first-order chi connectivity index (χ1) is 3.68. The van der Waals surface area contributed by atoms with Crippen molar-refractivity contribution < 1.29 is 13.6 Å². The summed E-state index contributed by atoms with van der Waals surface area (Å²) < 4.78 is 19.5. The highest BCUT2D eigenvalue weighted by Gasteiger charge is 2.14. The van der Waals surface area contributed by atoms with Crippen molar-refractivity contribution in [3.8, 4) is 0 Å². The second kappa shape index (κ2) is 3.30. The first-order valence-electron chi connectivity index (χ1n) is 1.86. The lowest BCUT2D eigenvalue weighted by atomic mass is 11.8. The third kappa shape index (κ3) is 2.01. The van der Waals surface area contributed by atoms with Crippen molar-refractivity contribution in [2.24, 2.45) is 0 Å². The van der Waals surface area contributed by atoms with Crippen molar-refractivity contribution in [2.75, 3.05) is 14.2 Å². The zero-order valence-electron chi connectivity index (χ0n) is 4.66. The molecule has 0 aliphatic carbocycles. The Kier molecular flexibility index (Phi) is 3.40. The quantitative estimate of drug-likeness (QED) is 0.455. The summed E-state index contributed by atoms with van der Waals surface area (Å²) in [4.78, 5) is 0. The number of hydrogen-bond acceptors (Lipinski definition) is 4. The minimum absolute atomic E-state index is 0.993. The van der Waals surface area contributed by atoms with Crippen LogP contribution in [0.15, 0.2) is 0 Å². The standard InChI is InChI=1S/C3H7O3PS/c1-5-7(4,3-8)6-2/h3H,1-2H3. The summed E-state index contributed by atoms with van der Waals surface area (Å²) in [5.41, 5.74) is 0. The molecule has 8 heavy (non-hydrogen) atoms. The predicted octanol–water partition coefficient (Wildman–Crippen LogP) is 1.43. The van der Waals surface area contributed by atoms with Gasteiger partial charge in [0.05, 0.1) is 5.11 Å². The normalized spacial score (nSPS) is 11.2. The molecule has 0 aromatic carbocycles. The van der Waals surface area contributed by atoms with E-state index in [1.807, 2.05) is 0 Å². The Labute approximate surface area is 53.5 Å². The van der Waals surface area contributed by atoms with Gasteiger partial charge in [0, 0.05) is 14.2 Å². The summed E-state index contributed by atoms with van der Waals surface area (Å²) in [5, 5.41) is 0.993. The van der Waals surface area contributed by atoms with Gasteiger partial charge in [0.2, 0.25) is 0 Å². The third-order valence-electron chi connectivity index (χ3n) is 0.638. The first kappa shape index (κ1) is 8.24. The molecular formula is C3H7O3PS. The van der Waals surface area contributed by atoms with Gasteiger partial charge in [-0.2, -0.15) is 0 Å². The van der Waals surface area contributed by atoms with E-state index < -0.39 is 7.60 Å². The van der Waals surface area contributed by atoms with E-state index in [9.17, 15) is 4.57 Å². The summed E-state index contributed by atoms with van der Waals surface area (Å²) in [6.07, 6.45) is 0. The molecule has 0 saturated carbocycles. The Balaban J connectivity index is 3.99. The molecule has 0 amide bonds. The van der Waals surface area contributed by atoms with Crippen LogP contribution in [0.5, 0.6) is 0 Å². The minimum atomic E-state index is -2.97. The number of hydrogen-bond donors (Lipinski definition) is 0. The van der Waals surface area contributed by atoms with Gasteiger partial charge in [0.15, 0.2) is 0 Å². The fraction of sp³-hybridized carbons (Fsp3) is 0.667. The molecule has 0 aliphatic heterocycles. The van der Waals surface area contributed by atoms with Crippen LogP contribution in [-0.2, 0) is 13.6 Å². The van der Waals surface area contributed by atoms with Gasteiger partial charge in [-0.15, -0.1) is 0 Å². The van der Waals surface area contributed by atoms with E-state index in [4.69, 9.17) is 0 Å². The molecule has 0 aliphatic rings. The molecule has 0 rings (SSSR count). The Hall–Kier alpha value is 0.240. The van der Waals surface area contributed by atoms with E-state index in [1.54, 1.807) is 0 Å². The van der Waals surface area contributed by atoms with Crippen molar-refractivity contribution in [3.05, 3.63) is 0 Å². The lowest BCUT2D eigenvalue weighted by Crippen LogP contribution is -1.85. The van der Waals surface area contributed by atoms with Gasteiger partial charge in [-0.05, 0) is 0 Å². The second-order valence-corrected chi connectivity index (χ2v) is 3.66. The van der Waals surface area contributed by atoms with Crippen LogP contribution in [0.25, 0.3) is 0 Å². The van der Waals surface area contributed by atoms with E-state index in [0.29, 0.717) is 0 Å². The highest BCUT2D eigenvalue weighted by molar-refractivity contribution is 7.95. The number of thiocarbonyl (C=S) groups is 1. The van der Waals surface area contributed by atoms with Gasteiger partial charge in [-0.25, -0.2) is 0 Å². The monoisotopic (exact) mass is 154 g/mol. The summed E-state index contributed by atoms with van der Waals surface area (Å²) in [6.45, 7) is 0. The molecule has 0 atom stereocenters. The van der Waals surface area contributed by atoms with Gasteiger partial charge >= 0.3 is 7.60 Å². The topological polar surface area (TPSA) is 35.5 Å². The zero-order valence-corrected chi connectivity index (χ0v) is 6.37. The maximum atomic E-state index is 10.7. The molecular weight excluding hydrogens is 147 g/mol. The van der Waals surface area contributed by atoms with Crippen LogP contribution in [-0.4, -0.2) is 19.3 Å². The molecule has 0 saturated heterocycles. The maximum absolute atomic E-state index is 10.7. The molecule has 0 aromatic heterocycles. The van der Waals surface area contributed by atoms with Crippen LogP contribution < -0.4 is 0 Å². The van der Waals surface area contributed by atoms with E-state index in [1.165, 1.54) is 14.2 Å². The van der Waals surface area contributed by atoms with Crippen molar-refractivity contribution >= 4 is 24.9 Å². The molecule has 0 N–H and O–H groups in total. The largest absolute Gasteiger partial charge is 0.364 e. The second-order valence-electron chi connectivity index (χ2n) is 1.01. The van der Waals surface area contributed by atoms with Gasteiger partial charge in [-0.1, -0.05) is 12.2 Å². The van der Waals surface area contributed by atoms with E-state index >= 15 is 0 Å². The Morgan fingerprint density at radius 3 is 1.88 bits per heavy atom. The van der Waals surface area contributed by atoms with Gasteiger partial charge in [-0.3, -0.25) is 4.57 Å². The van der Waals surface area contributed by atoms with Crippen LogP contribution in [0.2, 0.25) is 0 Å². The Bertz CT molecular complexity index is 116. The molecule has 0 radical (unpaired) electrons. The molecule has 5 heteroatoms. The Morgan fingerprint density at radius 1 is 1.50 bits per heavy atom. The molecule has 0 unspecified atom stereocenters. The minimum Gasteiger partial charge on any atom is -0.308 e. The van der Waals surface area contributed by atoms with Crippen molar-refractivity contribution in [3.63, 3.8) is 0 Å².